The van der Waals surface area contributed by atoms with Crippen molar-refractivity contribution in [1.29, 1.82) is 0 Å². The fourth-order valence-electron chi connectivity index (χ4n) is 8.18. The summed E-state index contributed by atoms with van der Waals surface area (Å²) in [6.45, 7) is 16.9. The third-order valence-electron chi connectivity index (χ3n) is 11.4. The molecule has 0 unspecified atom stereocenters. The lowest BCUT2D eigenvalue weighted by Crippen LogP contribution is -2.62. The van der Waals surface area contributed by atoms with Crippen molar-refractivity contribution >= 4 is 41.5 Å². The minimum atomic E-state index is -1.13. The van der Waals surface area contributed by atoms with E-state index in [1.54, 1.807) is 51.5 Å². The number of carbonyl (C=O) groups excluding carboxylic acids is 5. The fraction of sp³-hybridized carbons (Fsp3) is 0.463. The summed E-state index contributed by atoms with van der Waals surface area (Å²) in [6, 6.07) is 35.1. The molecule has 0 bridgehead atoms. The number of rotatable bonds is 17. The third kappa shape index (κ3) is 14.4. The molecule has 0 saturated carbocycles. The van der Waals surface area contributed by atoms with E-state index in [-0.39, 0.29) is 44.2 Å². The van der Waals surface area contributed by atoms with Gasteiger partial charge in [0.05, 0.1) is 16.8 Å². The van der Waals surface area contributed by atoms with Gasteiger partial charge < -0.3 is 35.2 Å². The van der Waals surface area contributed by atoms with E-state index in [1.165, 1.54) is 4.90 Å². The summed E-state index contributed by atoms with van der Waals surface area (Å²) in [5, 5.41) is 9.60. The number of benzene rings is 4. The summed E-state index contributed by atoms with van der Waals surface area (Å²) in [4.78, 5) is 72.8. The molecule has 4 aromatic rings. The Morgan fingerprint density at radius 2 is 1.18 bits per heavy atom. The SMILES string of the molecule is CN(C)C(=O)CC[C@H](NC(=O)[C@@H]1Cc2ccccc2CN1C(=O)[C@@H](NC[C@H](CSC(c1ccccc1)(c1ccccc1)c1ccccc1)NC(=O)OC(C)(C)C)C(C)(C)C)C(=O)OC(C)(C)C. The Morgan fingerprint density at radius 1 is 0.687 bits per heavy atom. The van der Waals surface area contributed by atoms with Gasteiger partial charge in [-0.25, -0.2) is 9.59 Å². The zero-order valence-corrected chi connectivity index (χ0v) is 42.0. The van der Waals surface area contributed by atoms with Crippen LogP contribution in [0, 0.1) is 5.41 Å². The zero-order valence-electron chi connectivity index (χ0n) is 41.2. The fourth-order valence-corrected chi connectivity index (χ4v) is 9.74. The van der Waals surface area contributed by atoms with Crippen LogP contribution >= 0.6 is 11.8 Å². The summed E-state index contributed by atoms with van der Waals surface area (Å²) in [7, 11) is 3.27. The summed E-state index contributed by atoms with van der Waals surface area (Å²) in [6.07, 6.45) is -0.351. The molecular formula is C54H71N5O7S. The summed E-state index contributed by atoms with van der Waals surface area (Å²) >= 11 is 1.69. The molecule has 5 rings (SSSR count). The molecule has 0 spiro atoms. The van der Waals surface area contributed by atoms with Gasteiger partial charge in [-0.05, 0) is 81.2 Å². The van der Waals surface area contributed by atoms with Crippen LogP contribution in [0.1, 0.15) is 103 Å². The van der Waals surface area contributed by atoms with Crippen molar-refractivity contribution in [1.82, 2.24) is 25.8 Å². The number of thioether (sulfide) groups is 1. The molecule has 12 nitrogen and oxygen atoms in total. The normalized spacial score (nSPS) is 15.6. The van der Waals surface area contributed by atoms with Crippen LogP contribution in [0.4, 0.5) is 4.79 Å². The number of fused-ring (bicyclic) bond motifs is 1. The molecule has 0 aromatic heterocycles. The molecule has 13 heteroatoms. The van der Waals surface area contributed by atoms with Gasteiger partial charge in [0.25, 0.3) is 0 Å². The van der Waals surface area contributed by atoms with Crippen LogP contribution in [0.25, 0.3) is 0 Å². The Labute approximate surface area is 402 Å². The van der Waals surface area contributed by atoms with E-state index in [0.29, 0.717) is 5.75 Å². The van der Waals surface area contributed by atoms with E-state index < -0.39 is 63.5 Å². The van der Waals surface area contributed by atoms with Crippen LogP contribution in [0.2, 0.25) is 0 Å². The van der Waals surface area contributed by atoms with Crippen LogP contribution in [-0.2, 0) is 46.4 Å². The molecule has 3 N–H and O–H groups in total. The Balaban J connectivity index is 1.49. The van der Waals surface area contributed by atoms with Gasteiger partial charge in [0.1, 0.15) is 23.3 Å². The quantitative estimate of drug-likeness (QED) is 0.0704. The van der Waals surface area contributed by atoms with Gasteiger partial charge in [-0.2, -0.15) is 0 Å². The molecule has 0 fully saturated rings. The first-order chi connectivity index (χ1) is 31.5. The predicted molar refractivity (Wildman–Crippen MR) is 266 cm³/mol. The maximum Gasteiger partial charge on any atom is 0.407 e. The highest BCUT2D eigenvalue weighted by Gasteiger charge is 2.43. The minimum absolute atomic E-state index is 0.00328. The summed E-state index contributed by atoms with van der Waals surface area (Å²) in [5.74, 6) is -1.29. The van der Waals surface area contributed by atoms with Crippen molar-refractivity contribution in [3.05, 3.63) is 143 Å². The van der Waals surface area contributed by atoms with E-state index in [0.717, 1.165) is 27.8 Å². The lowest BCUT2D eigenvalue weighted by molar-refractivity contribution is -0.159. The maximum atomic E-state index is 15.3. The van der Waals surface area contributed by atoms with E-state index in [9.17, 15) is 19.2 Å². The van der Waals surface area contributed by atoms with Gasteiger partial charge in [0, 0.05) is 45.8 Å². The lowest BCUT2D eigenvalue weighted by atomic mass is 9.84. The monoisotopic (exact) mass is 934 g/mol. The highest BCUT2D eigenvalue weighted by molar-refractivity contribution is 8.00. The van der Waals surface area contributed by atoms with Crippen molar-refractivity contribution in [3.8, 4) is 0 Å². The molecule has 1 aliphatic rings. The van der Waals surface area contributed by atoms with Crippen LogP contribution in [0.5, 0.6) is 0 Å². The van der Waals surface area contributed by atoms with E-state index in [2.05, 4.69) is 52.3 Å². The topological polar surface area (TPSA) is 146 Å². The van der Waals surface area contributed by atoms with Crippen LogP contribution in [-0.4, -0.2) is 101 Å². The van der Waals surface area contributed by atoms with Crippen molar-refractivity contribution < 1.29 is 33.4 Å². The first kappa shape index (κ1) is 52.3. The molecule has 1 aliphatic heterocycles. The van der Waals surface area contributed by atoms with Crippen molar-refractivity contribution in [2.45, 2.75) is 128 Å². The number of nitrogens with one attached hydrogen (secondary N) is 3. The zero-order chi connectivity index (χ0) is 49.2. The molecule has 0 aliphatic carbocycles. The number of hydrogen-bond acceptors (Lipinski definition) is 9. The average Bonchev–Trinajstić information content (AvgIpc) is 3.26. The number of ether oxygens (including phenoxy) is 2. The Kier molecular flexibility index (Phi) is 17.5. The standard InChI is InChI=1S/C54H71N5O7S/c1-51(2,3)46(48(62)59-35-38-24-22-21-23-37(38)33-44(59)47(61)57-43(31-32-45(60)58(10)11)49(63)65-52(4,5)6)55-34-42(56-50(64)66-53(7,8)9)36-67-54(39-25-15-12-16-26-39,40-27-17-13-18-28-40)41-29-19-14-20-30-41/h12-30,42-44,46,55H,31-36H2,1-11H3,(H,56,64)(H,57,61)/t42-,43+,44+,46-/m1/s1. The first-order valence-electron chi connectivity index (χ1n) is 23.1. The second-order valence-corrected chi connectivity index (χ2v) is 21.8. The number of carbonyl (C=O) groups is 5. The largest absolute Gasteiger partial charge is 0.458 e. The summed E-state index contributed by atoms with van der Waals surface area (Å²) in [5.41, 5.74) is 2.75. The van der Waals surface area contributed by atoms with Crippen LogP contribution < -0.4 is 16.0 Å². The van der Waals surface area contributed by atoms with Crippen molar-refractivity contribution in [2.75, 3.05) is 26.4 Å². The minimum Gasteiger partial charge on any atom is -0.458 e. The molecule has 67 heavy (non-hydrogen) atoms. The van der Waals surface area contributed by atoms with Gasteiger partial charge in [-0.3, -0.25) is 14.4 Å². The van der Waals surface area contributed by atoms with Crippen molar-refractivity contribution in [3.63, 3.8) is 0 Å². The summed E-state index contributed by atoms with van der Waals surface area (Å²) < 4.78 is 10.8. The van der Waals surface area contributed by atoms with Gasteiger partial charge in [0.15, 0.2) is 0 Å². The molecule has 4 atom stereocenters. The first-order valence-corrected chi connectivity index (χ1v) is 24.1. The molecule has 1 heterocycles. The molecule has 4 amide bonds. The third-order valence-corrected chi connectivity index (χ3v) is 13.1. The van der Waals surface area contributed by atoms with Crippen LogP contribution in [0.3, 0.4) is 0 Å². The number of amides is 4. The smallest absolute Gasteiger partial charge is 0.407 e. The van der Waals surface area contributed by atoms with E-state index in [4.69, 9.17) is 9.47 Å². The predicted octanol–water partition coefficient (Wildman–Crippen LogP) is 8.26. The highest BCUT2D eigenvalue weighted by Crippen LogP contribution is 2.48. The van der Waals surface area contributed by atoms with E-state index in [1.807, 2.05) is 120 Å². The Hall–Kier alpha value is -5.66. The molecular weight excluding hydrogens is 863 g/mol. The van der Waals surface area contributed by atoms with Gasteiger partial charge in [-0.1, -0.05) is 136 Å². The second kappa shape index (κ2) is 22.4. The maximum absolute atomic E-state index is 15.3. The number of nitrogens with zero attached hydrogens (tertiary/aromatic N) is 2. The van der Waals surface area contributed by atoms with Gasteiger partial charge in [-0.15, -0.1) is 11.8 Å². The molecule has 4 aromatic carbocycles. The average molecular weight is 934 g/mol. The highest BCUT2D eigenvalue weighted by atomic mass is 32.2. The van der Waals surface area contributed by atoms with Gasteiger partial charge >= 0.3 is 12.1 Å². The Morgan fingerprint density at radius 3 is 1.66 bits per heavy atom. The van der Waals surface area contributed by atoms with Crippen LogP contribution in [0.15, 0.2) is 115 Å². The second-order valence-electron chi connectivity index (χ2n) is 20.5. The van der Waals surface area contributed by atoms with E-state index >= 15 is 4.79 Å². The molecule has 360 valence electrons. The van der Waals surface area contributed by atoms with Crippen molar-refractivity contribution in [2.24, 2.45) is 5.41 Å². The number of esters is 1. The van der Waals surface area contributed by atoms with Gasteiger partial charge in [0.2, 0.25) is 17.7 Å². The Bertz CT molecular complexity index is 2190. The lowest BCUT2D eigenvalue weighted by Gasteiger charge is -2.42. The number of hydrogen-bond donors (Lipinski definition) is 3. The molecule has 0 radical (unpaired) electrons. The number of alkyl carbamates (subject to hydrolysis) is 1. The molecule has 0 saturated heterocycles.